The first-order valence-corrected chi connectivity index (χ1v) is 10.9. The molecule has 0 radical (unpaired) electrons. The van der Waals surface area contributed by atoms with Crippen LogP contribution in [0.15, 0.2) is 53.7 Å². The number of nitrogens with one attached hydrogen (secondary N) is 2. The minimum absolute atomic E-state index is 0. The molecule has 1 unspecified atom stereocenters. The van der Waals surface area contributed by atoms with Crippen LogP contribution in [0.1, 0.15) is 36.7 Å². The van der Waals surface area contributed by atoms with Crippen molar-refractivity contribution in [2.75, 3.05) is 33.8 Å². The summed E-state index contributed by atoms with van der Waals surface area (Å²) < 4.78 is 7.65. The van der Waals surface area contributed by atoms with Gasteiger partial charge in [-0.2, -0.15) is 0 Å². The number of ether oxygens (including phenoxy) is 1. The molecule has 8 nitrogen and oxygen atoms in total. The number of hydrogen-bond acceptors (Lipinski definition) is 5. The van der Waals surface area contributed by atoms with E-state index in [1.165, 1.54) is 24.8 Å². The van der Waals surface area contributed by atoms with E-state index in [-0.39, 0.29) is 30.0 Å². The van der Waals surface area contributed by atoms with Crippen LogP contribution in [0.3, 0.4) is 0 Å². The summed E-state index contributed by atoms with van der Waals surface area (Å²) in [4.78, 5) is 6.96. The predicted molar refractivity (Wildman–Crippen MR) is 138 cm³/mol. The molecule has 1 atom stereocenters. The maximum atomic E-state index is 5.67. The molecule has 172 valence electrons. The van der Waals surface area contributed by atoms with Crippen LogP contribution in [-0.4, -0.2) is 59.2 Å². The van der Waals surface area contributed by atoms with E-state index >= 15 is 0 Å². The SMILES string of the molecule is CN=C(NCc1nnc2ccccn12)NCC(c1ccccc1OC)N1CCCCC1.I. The van der Waals surface area contributed by atoms with E-state index in [4.69, 9.17) is 4.74 Å². The monoisotopic (exact) mass is 549 g/mol. The Labute approximate surface area is 206 Å². The first kappa shape index (κ1) is 24.2. The van der Waals surface area contributed by atoms with Gasteiger partial charge < -0.3 is 15.4 Å². The number of nitrogens with zero attached hydrogens (tertiary/aromatic N) is 5. The molecule has 0 amide bonds. The lowest BCUT2D eigenvalue weighted by molar-refractivity contribution is 0.161. The summed E-state index contributed by atoms with van der Waals surface area (Å²) in [6, 6.07) is 14.4. The molecule has 4 rings (SSSR count). The Bertz CT molecular complexity index is 1020. The number of piperidine rings is 1. The molecular weight excluding hydrogens is 517 g/mol. The van der Waals surface area contributed by atoms with Crippen LogP contribution in [0.5, 0.6) is 5.75 Å². The second kappa shape index (κ2) is 12.0. The van der Waals surface area contributed by atoms with Crippen LogP contribution in [0.4, 0.5) is 0 Å². The number of fused-ring (bicyclic) bond motifs is 1. The van der Waals surface area contributed by atoms with Gasteiger partial charge in [-0.15, -0.1) is 34.2 Å². The lowest BCUT2D eigenvalue weighted by atomic mass is 10.0. The number of likely N-dealkylation sites (tertiary alicyclic amines) is 1. The first-order chi connectivity index (χ1) is 15.3. The van der Waals surface area contributed by atoms with E-state index in [1.807, 2.05) is 40.9 Å². The van der Waals surface area contributed by atoms with Crippen LogP contribution >= 0.6 is 24.0 Å². The van der Waals surface area contributed by atoms with Crippen molar-refractivity contribution in [3.8, 4) is 5.75 Å². The van der Waals surface area contributed by atoms with Gasteiger partial charge in [-0.05, 0) is 44.1 Å². The molecule has 0 aliphatic carbocycles. The van der Waals surface area contributed by atoms with Crippen LogP contribution in [-0.2, 0) is 6.54 Å². The number of para-hydroxylation sites is 1. The second-order valence-electron chi connectivity index (χ2n) is 7.71. The molecule has 1 aliphatic heterocycles. The van der Waals surface area contributed by atoms with Crippen molar-refractivity contribution in [2.24, 2.45) is 4.99 Å². The van der Waals surface area contributed by atoms with Gasteiger partial charge in [0.2, 0.25) is 0 Å². The highest BCUT2D eigenvalue weighted by atomic mass is 127. The summed E-state index contributed by atoms with van der Waals surface area (Å²) in [5, 5.41) is 15.4. The molecular formula is C23H32IN7O. The van der Waals surface area contributed by atoms with E-state index in [1.54, 1.807) is 14.2 Å². The van der Waals surface area contributed by atoms with Crippen LogP contribution in [0.2, 0.25) is 0 Å². The van der Waals surface area contributed by atoms with Crippen molar-refractivity contribution < 1.29 is 4.74 Å². The van der Waals surface area contributed by atoms with E-state index in [0.717, 1.165) is 42.8 Å². The van der Waals surface area contributed by atoms with Crippen LogP contribution in [0, 0.1) is 0 Å². The van der Waals surface area contributed by atoms with Crippen molar-refractivity contribution in [3.63, 3.8) is 0 Å². The van der Waals surface area contributed by atoms with E-state index in [0.29, 0.717) is 6.54 Å². The maximum absolute atomic E-state index is 5.67. The molecule has 1 saturated heterocycles. The molecule has 2 aromatic heterocycles. The highest BCUT2D eigenvalue weighted by molar-refractivity contribution is 14.0. The Morgan fingerprint density at radius 2 is 1.84 bits per heavy atom. The number of rotatable bonds is 7. The fourth-order valence-corrected chi connectivity index (χ4v) is 4.20. The Balaban J connectivity index is 0.00000289. The maximum Gasteiger partial charge on any atom is 0.191 e. The van der Waals surface area contributed by atoms with E-state index in [9.17, 15) is 0 Å². The van der Waals surface area contributed by atoms with Crippen molar-refractivity contribution in [2.45, 2.75) is 31.8 Å². The highest BCUT2D eigenvalue weighted by Gasteiger charge is 2.25. The minimum atomic E-state index is 0. The summed E-state index contributed by atoms with van der Waals surface area (Å²) in [5.74, 6) is 2.51. The lowest BCUT2D eigenvalue weighted by Crippen LogP contribution is -2.44. The third-order valence-corrected chi connectivity index (χ3v) is 5.81. The van der Waals surface area contributed by atoms with Gasteiger partial charge in [-0.25, -0.2) is 0 Å². The number of aliphatic imine (C=N–C) groups is 1. The molecule has 0 saturated carbocycles. The summed E-state index contributed by atoms with van der Waals surface area (Å²) >= 11 is 0. The summed E-state index contributed by atoms with van der Waals surface area (Å²) in [7, 11) is 3.53. The number of methoxy groups -OCH3 is 1. The van der Waals surface area contributed by atoms with E-state index < -0.39 is 0 Å². The molecule has 2 N–H and O–H groups in total. The van der Waals surface area contributed by atoms with Crippen molar-refractivity contribution >= 4 is 35.6 Å². The van der Waals surface area contributed by atoms with Crippen LogP contribution in [0.25, 0.3) is 5.65 Å². The Hall–Kier alpha value is -2.40. The number of pyridine rings is 1. The minimum Gasteiger partial charge on any atom is -0.496 e. The number of hydrogen-bond donors (Lipinski definition) is 2. The van der Waals surface area contributed by atoms with Gasteiger partial charge >= 0.3 is 0 Å². The lowest BCUT2D eigenvalue weighted by Gasteiger charge is -2.35. The number of aromatic nitrogens is 3. The molecule has 3 heterocycles. The predicted octanol–water partition coefficient (Wildman–Crippen LogP) is 3.25. The van der Waals surface area contributed by atoms with Gasteiger partial charge in [-0.1, -0.05) is 30.7 Å². The van der Waals surface area contributed by atoms with Gasteiger partial charge in [0.25, 0.3) is 0 Å². The average molecular weight is 549 g/mol. The third kappa shape index (κ3) is 5.69. The Kier molecular flexibility index (Phi) is 9.10. The third-order valence-electron chi connectivity index (χ3n) is 5.81. The standard InChI is InChI=1S/C23H31N7O.HI/c1-24-23(26-17-22-28-27-21-12-6-9-15-30(21)22)25-16-19(29-13-7-3-8-14-29)18-10-4-5-11-20(18)31-2;/h4-6,9-12,15,19H,3,7-8,13-14,16-17H2,1-2H3,(H2,24,25,26);1H. The molecule has 32 heavy (non-hydrogen) atoms. The average Bonchev–Trinajstić information content (AvgIpc) is 3.25. The zero-order valence-electron chi connectivity index (χ0n) is 18.7. The normalized spacial score (nSPS) is 15.8. The molecule has 1 fully saturated rings. The smallest absolute Gasteiger partial charge is 0.191 e. The van der Waals surface area contributed by atoms with Crippen molar-refractivity contribution in [1.29, 1.82) is 0 Å². The number of guanidine groups is 1. The summed E-state index contributed by atoms with van der Waals surface area (Å²) in [5.41, 5.74) is 2.04. The largest absolute Gasteiger partial charge is 0.496 e. The zero-order valence-corrected chi connectivity index (χ0v) is 21.0. The van der Waals surface area contributed by atoms with Gasteiger partial charge in [0.1, 0.15) is 5.75 Å². The summed E-state index contributed by atoms with van der Waals surface area (Å²) in [6.45, 7) is 3.47. The van der Waals surface area contributed by atoms with E-state index in [2.05, 4.69) is 42.9 Å². The van der Waals surface area contributed by atoms with Gasteiger partial charge in [0, 0.05) is 25.4 Å². The Morgan fingerprint density at radius 1 is 1.06 bits per heavy atom. The molecule has 9 heteroatoms. The molecule has 3 aromatic rings. The molecule has 0 spiro atoms. The van der Waals surface area contributed by atoms with Crippen molar-refractivity contribution in [1.82, 2.24) is 30.1 Å². The number of benzene rings is 1. The fraction of sp³-hybridized carbons (Fsp3) is 0.435. The Morgan fingerprint density at radius 3 is 2.62 bits per heavy atom. The summed E-state index contributed by atoms with van der Waals surface area (Å²) in [6.07, 6.45) is 5.74. The highest BCUT2D eigenvalue weighted by Crippen LogP contribution is 2.30. The molecule has 0 bridgehead atoms. The first-order valence-electron chi connectivity index (χ1n) is 10.9. The number of halogens is 1. The second-order valence-corrected chi connectivity index (χ2v) is 7.71. The quantitative estimate of drug-likeness (QED) is 0.268. The topological polar surface area (TPSA) is 79.1 Å². The van der Waals surface area contributed by atoms with Gasteiger partial charge in [0.05, 0.1) is 19.7 Å². The van der Waals surface area contributed by atoms with Gasteiger partial charge in [-0.3, -0.25) is 14.3 Å². The molecule has 1 aromatic carbocycles. The zero-order chi connectivity index (χ0) is 21.5. The van der Waals surface area contributed by atoms with Crippen molar-refractivity contribution in [3.05, 3.63) is 60.0 Å². The fourth-order valence-electron chi connectivity index (χ4n) is 4.20. The van der Waals surface area contributed by atoms with Gasteiger partial charge in [0.15, 0.2) is 17.4 Å². The molecule has 1 aliphatic rings. The van der Waals surface area contributed by atoms with Crippen LogP contribution < -0.4 is 15.4 Å².